The number of nitrogens with zero attached hydrogens (tertiary/aromatic N) is 3. The van der Waals surface area contributed by atoms with Crippen molar-refractivity contribution in [3.05, 3.63) is 36.8 Å². The third kappa shape index (κ3) is 2.66. The largest absolute Gasteiger partial charge is 0.373 e. The summed E-state index contributed by atoms with van der Waals surface area (Å²) in [6.07, 6.45) is 3.25. The second-order valence-corrected chi connectivity index (χ2v) is 3.80. The van der Waals surface area contributed by atoms with Gasteiger partial charge in [0.05, 0.1) is 0 Å². The molecule has 0 atom stereocenters. The standard InChI is InChI=1S/C10H10N4S/c1-11-8-3-2-4-10(14-8)15-9-5-6-12-7-13-9/h2-7H,1H3,(H,11,14). The lowest BCUT2D eigenvalue weighted by molar-refractivity contribution is 1.04. The molecule has 0 saturated carbocycles. The summed E-state index contributed by atoms with van der Waals surface area (Å²) < 4.78 is 0. The highest BCUT2D eigenvalue weighted by molar-refractivity contribution is 7.99. The zero-order valence-corrected chi connectivity index (χ0v) is 9.03. The summed E-state index contributed by atoms with van der Waals surface area (Å²) in [5.74, 6) is 0.856. The highest BCUT2D eigenvalue weighted by Gasteiger charge is 1.99. The molecule has 0 fully saturated rings. The van der Waals surface area contributed by atoms with E-state index in [1.54, 1.807) is 6.20 Å². The molecule has 0 unspecified atom stereocenters. The molecule has 0 aliphatic carbocycles. The van der Waals surface area contributed by atoms with Crippen molar-refractivity contribution in [3.8, 4) is 0 Å². The monoisotopic (exact) mass is 218 g/mol. The fourth-order valence-corrected chi connectivity index (χ4v) is 1.79. The van der Waals surface area contributed by atoms with Crippen LogP contribution in [0.5, 0.6) is 0 Å². The average Bonchev–Trinajstić information content (AvgIpc) is 2.31. The van der Waals surface area contributed by atoms with Gasteiger partial charge in [0, 0.05) is 13.2 Å². The normalized spacial score (nSPS) is 9.93. The summed E-state index contributed by atoms with van der Waals surface area (Å²) in [5, 5.41) is 4.81. The molecule has 2 aromatic rings. The molecule has 4 nitrogen and oxygen atoms in total. The van der Waals surface area contributed by atoms with Crippen molar-refractivity contribution in [3.63, 3.8) is 0 Å². The van der Waals surface area contributed by atoms with Gasteiger partial charge in [0.15, 0.2) is 0 Å². The Morgan fingerprint density at radius 1 is 1.20 bits per heavy atom. The Bertz CT molecular complexity index is 432. The van der Waals surface area contributed by atoms with E-state index in [0.29, 0.717) is 0 Å². The summed E-state index contributed by atoms with van der Waals surface area (Å²) in [5.41, 5.74) is 0. The predicted octanol–water partition coefficient (Wildman–Crippen LogP) is 2.06. The predicted molar refractivity (Wildman–Crippen MR) is 59.9 cm³/mol. The summed E-state index contributed by atoms with van der Waals surface area (Å²) >= 11 is 1.51. The summed E-state index contributed by atoms with van der Waals surface area (Å²) in [6, 6.07) is 7.69. The number of pyridine rings is 1. The molecule has 0 aliphatic heterocycles. The van der Waals surface area contributed by atoms with Crippen molar-refractivity contribution in [2.45, 2.75) is 10.1 Å². The zero-order valence-electron chi connectivity index (χ0n) is 8.21. The lowest BCUT2D eigenvalue weighted by Gasteiger charge is -2.02. The first-order valence-electron chi connectivity index (χ1n) is 4.47. The Balaban J connectivity index is 2.17. The second kappa shape index (κ2) is 4.75. The van der Waals surface area contributed by atoms with Gasteiger partial charge in [-0.1, -0.05) is 6.07 Å². The number of hydrogen-bond donors (Lipinski definition) is 1. The summed E-state index contributed by atoms with van der Waals surface area (Å²) in [6.45, 7) is 0. The Kier molecular flexibility index (Phi) is 3.14. The highest BCUT2D eigenvalue weighted by atomic mass is 32.2. The number of hydrogen-bond acceptors (Lipinski definition) is 5. The number of anilines is 1. The van der Waals surface area contributed by atoms with E-state index in [1.807, 2.05) is 31.3 Å². The molecule has 2 aromatic heterocycles. The van der Waals surface area contributed by atoms with Crippen molar-refractivity contribution >= 4 is 17.6 Å². The Morgan fingerprint density at radius 3 is 2.87 bits per heavy atom. The van der Waals surface area contributed by atoms with E-state index < -0.39 is 0 Å². The summed E-state index contributed by atoms with van der Waals surface area (Å²) in [7, 11) is 1.85. The SMILES string of the molecule is CNc1cccc(Sc2ccncn2)n1. The molecule has 0 amide bonds. The molecule has 0 radical (unpaired) electrons. The van der Waals surface area contributed by atoms with Gasteiger partial charge in [-0.05, 0) is 30.0 Å². The van der Waals surface area contributed by atoms with E-state index in [0.717, 1.165) is 15.9 Å². The second-order valence-electron chi connectivity index (χ2n) is 2.76. The average molecular weight is 218 g/mol. The van der Waals surface area contributed by atoms with Crippen molar-refractivity contribution in [2.24, 2.45) is 0 Å². The van der Waals surface area contributed by atoms with Crippen LogP contribution in [0, 0.1) is 0 Å². The third-order valence-corrected chi connectivity index (χ3v) is 2.63. The van der Waals surface area contributed by atoms with Gasteiger partial charge in [0.1, 0.15) is 22.2 Å². The lowest BCUT2D eigenvalue weighted by Crippen LogP contribution is -1.92. The number of rotatable bonds is 3. The minimum absolute atomic E-state index is 0.856. The van der Waals surface area contributed by atoms with E-state index in [-0.39, 0.29) is 0 Å². The van der Waals surface area contributed by atoms with E-state index in [1.165, 1.54) is 18.1 Å². The van der Waals surface area contributed by atoms with Gasteiger partial charge in [-0.3, -0.25) is 0 Å². The van der Waals surface area contributed by atoms with Gasteiger partial charge < -0.3 is 5.32 Å². The zero-order chi connectivity index (χ0) is 10.5. The van der Waals surface area contributed by atoms with Crippen LogP contribution in [-0.4, -0.2) is 22.0 Å². The Labute approximate surface area is 92.2 Å². The molecule has 2 rings (SSSR count). The molecule has 0 bridgehead atoms. The fourth-order valence-electron chi connectivity index (χ4n) is 1.06. The molecule has 0 spiro atoms. The third-order valence-electron chi connectivity index (χ3n) is 1.74. The molecule has 0 aromatic carbocycles. The minimum atomic E-state index is 0.856. The molecule has 15 heavy (non-hydrogen) atoms. The molecule has 1 N–H and O–H groups in total. The van der Waals surface area contributed by atoms with Crippen LogP contribution in [0.4, 0.5) is 5.82 Å². The van der Waals surface area contributed by atoms with E-state index in [9.17, 15) is 0 Å². The first kappa shape index (κ1) is 9.92. The molecule has 0 aliphatic rings. The Morgan fingerprint density at radius 2 is 2.13 bits per heavy atom. The van der Waals surface area contributed by atoms with Crippen LogP contribution in [0.1, 0.15) is 0 Å². The van der Waals surface area contributed by atoms with Crippen LogP contribution in [0.3, 0.4) is 0 Å². The number of aromatic nitrogens is 3. The number of nitrogens with one attached hydrogen (secondary N) is 1. The molecule has 2 heterocycles. The van der Waals surface area contributed by atoms with Gasteiger partial charge in [-0.2, -0.15) is 0 Å². The van der Waals surface area contributed by atoms with Crippen LogP contribution < -0.4 is 5.32 Å². The van der Waals surface area contributed by atoms with Crippen LogP contribution in [0.15, 0.2) is 46.8 Å². The van der Waals surface area contributed by atoms with Gasteiger partial charge in [0.25, 0.3) is 0 Å². The molecule has 76 valence electrons. The smallest absolute Gasteiger partial charge is 0.127 e. The quantitative estimate of drug-likeness (QED) is 0.799. The molecule has 0 saturated heterocycles. The first-order chi connectivity index (χ1) is 7.38. The van der Waals surface area contributed by atoms with E-state index in [4.69, 9.17) is 0 Å². The van der Waals surface area contributed by atoms with Crippen molar-refractivity contribution in [1.29, 1.82) is 0 Å². The van der Waals surface area contributed by atoms with Crippen molar-refractivity contribution < 1.29 is 0 Å². The fraction of sp³-hybridized carbons (Fsp3) is 0.100. The van der Waals surface area contributed by atoms with Gasteiger partial charge in [-0.15, -0.1) is 0 Å². The van der Waals surface area contributed by atoms with Crippen LogP contribution in [-0.2, 0) is 0 Å². The molecular weight excluding hydrogens is 208 g/mol. The summed E-state index contributed by atoms with van der Waals surface area (Å²) in [4.78, 5) is 12.4. The van der Waals surface area contributed by atoms with Gasteiger partial charge in [0.2, 0.25) is 0 Å². The van der Waals surface area contributed by atoms with Crippen LogP contribution in [0.25, 0.3) is 0 Å². The Hall–Kier alpha value is -1.62. The van der Waals surface area contributed by atoms with E-state index in [2.05, 4.69) is 20.3 Å². The topological polar surface area (TPSA) is 50.7 Å². The lowest BCUT2D eigenvalue weighted by atomic mass is 10.5. The molecular formula is C10H10N4S. The maximum absolute atomic E-state index is 4.38. The highest BCUT2D eigenvalue weighted by Crippen LogP contribution is 2.23. The van der Waals surface area contributed by atoms with Crippen LogP contribution in [0.2, 0.25) is 0 Å². The van der Waals surface area contributed by atoms with E-state index >= 15 is 0 Å². The van der Waals surface area contributed by atoms with Crippen molar-refractivity contribution in [2.75, 3.05) is 12.4 Å². The molecule has 5 heteroatoms. The minimum Gasteiger partial charge on any atom is -0.373 e. The van der Waals surface area contributed by atoms with Crippen molar-refractivity contribution in [1.82, 2.24) is 15.0 Å². The van der Waals surface area contributed by atoms with Gasteiger partial charge in [-0.25, -0.2) is 15.0 Å². The van der Waals surface area contributed by atoms with Gasteiger partial charge >= 0.3 is 0 Å². The van der Waals surface area contributed by atoms with Crippen LogP contribution >= 0.6 is 11.8 Å². The maximum atomic E-state index is 4.38. The first-order valence-corrected chi connectivity index (χ1v) is 5.29. The maximum Gasteiger partial charge on any atom is 0.127 e.